The summed E-state index contributed by atoms with van der Waals surface area (Å²) >= 11 is 0. The maximum Gasteiger partial charge on any atom is 0.506 e. The van der Waals surface area contributed by atoms with E-state index >= 15 is 0 Å². The fourth-order valence-electron chi connectivity index (χ4n) is 2.68. The van der Waals surface area contributed by atoms with Crippen molar-refractivity contribution < 1.29 is 39.8 Å². The van der Waals surface area contributed by atoms with Crippen molar-refractivity contribution in [3.05, 3.63) is 41.5 Å². The van der Waals surface area contributed by atoms with Gasteiger partial charge < -0.3 is 35.0 Å². The molecule has 0 saturated carbocycles. The predicted octanol–water partition coefficient (Wildman–Crippen LogP) is 2.25. The van der Waals surface area contributed by atoms with E-state index < -0.39 is 24.1 Å². The molecule has 1 aliphatic heterocycles. The molecule has 2 unspecified atom stereocenters. The van der Waals surface area contributed by atoms with Gasteiger partial charge in [-0.15, -0.1) is 0 Å². The third-order valence-electron chi connectivity index (χ3n) is 3.75. The summed E-state index contributed by atoms with van der Waals surface area (Å²) in [4.78, 5) is 10.9. The SMILES string of the molecule is O=C(O)OC1Cc2c(O)cc(O)cc2OC1c1ccc(O)c(O)c1. The molecule has 8 heteroatoms. The van der Waals surface area contributed by atoms with Crippen LogP contribution in [-0.2, 0) is 11.2 Å². The standard InChI is InChI=1S/C16H14O8/c17-8-4-11(19)9-6-14(24-16(21)22)15(23-13(9)5-8)7-1-2-10(18)12(20)3-7/h1-5,14-15,17-20H,6H2,(H,21,22). The Labute approximate surface area is 135 Å². The number of aromatic hydroxyl groups is 4. The van der Waals surface area contributed by atoms with Crippen molar-refractivity contribution in [2.45, 2.75) is 18.6 Å². The zero-order valence-electron chi connectivity index (χ0n) is 12.2. The van der Waals surface area contributed by atoms with Crippen molar-refractivity contribution in [1.82, 2.24) is 0 Å². The van der Waals surface area contributed by atoms with Crippen LogP contribution in [0.4, 0.5) is 4.79 Å². The lowest BCUT2D eigenvalue weighted by atomic mass is 9.93. The van der Waals surface area contributed by atoms with E-state index in [9.17, 15) is 25.2 Å². The Kier molecular flexibility index (Phi) is 3.72. The molecule has 0 aliphatic carbocycles. The summed E-state index contributed by atoms with van der Waals surface area (Å²) in [5.41, 5.74) is 0.670. The molecule has 2 atom stereocenters. The molecule has 0 saturated heterocycles. The minimum Gasteiger partial charge on any atom is -0.508 e. The number of fused-ring (bicyclic) bond motifs is 1. The van der Waals surface area contributed by atoms with Gasteiger partial charge in [0.15, 0.2) is 23.7 Å². The third-order valence-corrected chi connectivity index (χ3v) is 3.75. The molecular formula is C16H14O8. The number of hydrogen-bond acceptors (Lipinski definition) is 7. The minimum atomic E-state index is -1.52. The molecule has 0 bridgehead atoms. The summed E-state index contributed by atoms with van der Waals surface area (Å²) in [6, 6.07) is 6.32. The van der Waals surface area contributed by atoms with Crippen molar-refractivity contribution in [2.24, 2.45) is 0 Å². The second kappa shape index (κ2) is 5.73. The largest absolute Gasteiger partial charge is 0.508 e. The second-order valence-corrected chi connectivity index (χ2v) is 5.35. The van der Waals surface area contributed by atoms with Gasteiger partial charge in [0.1, 0.15) is 17.2 Å². The van der Waals surface area contributed by atoms with E-state index in [2.05, 4.69) is 0 Å². The first-order chi connectivity index (χ1) is 11.3. The zero-order valence-corrected chi connectivity index (χ0v) is 12.2. The molecule has 1 aliphatic rings. The number of benzene rings is 2. The number of carboxylic acid groups (broad SMARTS) is 1. The topological polar surface area (TPSA) is 137 Å². The van der Waals surface area contributed by atoms with Crippen LogP contribution in [0.2, 0.25) is 0 Å². The molecule has 24 heavy (non-hydrogen) atoms. The molecule has 126 valence electrons. The smallest absolute Gasteiger partial charge is 0.506 e. The quantitative estimate of drug-likeness (QED) is 0.416. The highest BCUT2D eigenvalue weighted by Crippen LogP contribution is 2.43. The van der Waals surface area contributed by atoms with Gasteiger partial charge in [0.25, 0.3) is 0 Å². The van der Waals surface area contributed by atoms with E-state index in [4.69, 9.17) is 14.6 Å². The first-order valence-electron chi connectivity index (χ1n) is 6.98. The predicted molar refractivity (Wildman–Crippen MR) is 79.5 cm³/mol. The summed E-state index contributed by atoms with van der Waals surface area (Å²) in [6.45, 7) is 0. The molecule has 0 spiro atoms. The fraction of sp³-hybridized carbons (Fsp3) is 0.188. The lowest BCUT2D eigenvalue weighted by Gasteiger charge is -2.33. The van der Waals surface area contributed by atoms with E-state index in [-0.39, 0.29) is 29.4 Å². The lowest BCUT2D eigenvalue weighted by molar-refractivity contribution is -0.0191. The van der Waals surface area contributed by atoms with Crippen LogP contribution in [0.5, 0.6) is 28.7 Å². The fourth-order valence-corrected chi connectivity index (χ4v) is 2.68. The van der Waals surface area contributed by atoms with Crippen LogP contribution < -0.4 is 4.74 Å². The highest BCUT2D eigenvalue weighted by molar-refractivity contribution is 5.58. The van der Waals surface area contributed by atoms with Gasteiger partial charge in [0.05, 0.1) is 0 Å². The number of rotatable bonds is 2. The van der Waals surface area contributed by atoms with E-state index in [0.717, 1.165) is 6.07 Å². The normalized spacial score (nSPS) is 19.2. The van der Waals surface area contributed by atoms with Gasteiger partial charge >= 0.3 is 6.16 Å². The Hall–Kier alpha value is -3.29. The number of phenolic OH excluding ortho intramolecular Hbond substituents is 4. The van der Waals surface area contributed by atoms with Crippen molar-refractivity contribution >= 4 is 6.16 Å². The van der Waals surface area contributed by atoms with E-state index in [1.807, 2.05) is 0 Å². The van der Waals surface area contributed by atoms with Crippen LogP contribution in [0, 0.1) is 0 Å². The number of hydrogen-bond donors (Lipinski definition) is 5. The highest BCUT2D eigenvalue weighted by Gasteiger charge is 2.36. The molecule has 1 heterocycles. The van der Waals surface area contributed by atoms with Crippen LogP contribution >= 0.6 is 0 Å². The summed E-state index contributed by atoms with van der Waals surface area (Å²) in [6.07, 6.45) is -3.42. The average molecular weight is 334 g/mol. The summed E-state index contributed by atoms with van der Waals surface area (Å²) in [7, 11) is 0. The van der Waals surface area contributed by atoms with Crippen LogP contribution in [-0.4, -0.2) is 37.8 Å². The summed E-state index contributed by atoms with van der Waals surface area (Å²) in [5, 5.41) is 47.5. The Morgan fingerprint density at radius 2 is 1.79 bits per heavy atom. The monoisotopic (exact) mass is 334 g/mol. The van der Waals surface area contributed by atoms with Gasteiger partial charge in [0, 0.05) is 29.7 Å². The molecule has 2 aromatic carbocycles. The maximum absolute atomic E-state index is 10.9. The minimum absolute atomic E-state index is 0.0139. The van der Waals surface area contributed by atoms with Gasteiger partial charge in [-0.2, -0.15) is 0 Å². The van der Waals surface area contributed by atoms with Crippen molar-refractivity contribution in [3.8, 4) is 28.7 Å². The van der Waals surface area contributed by atoms with Gasteiger partial charge in [-0.1, -0.05) is 6.07 Å². The Morgan fingerprint density at radius 1 is 1.04 bits per heavy atom. The number of ether oxygens (including phenoxy) is 2. The van der Waals surface area contributed by atoms with Crippen molar-refractivity contribution in [1.29, 1.82) is 0 Å². The molecule has 0 fully saturated rings. The molecule has 0 radical (unpaired) electrons. The van der Waals surface area contributed by atoms with Gasteiger partial charge in [0.2, 0.25) is 0 Å². The highest BCUT2D eigenvalue weighted by atomic mass is 16.7. The summed E-state index contributed by atoms with van der Waals surface area (Å²) < 4.78 is 10.5. The molecule has 2 aromatic rings. The molecule has 0 aromatic heterocycles. The number of phenols is 4. The maximum atomic E-state index is 10.9. The Bertz CT molecular complexity index is 801. The zero-order chi connectivity index (χ0) is 17.4. The molecule has 5 N–H and O–H groups in total. The van der Waals surface area contributed by atoms with Crippen LogP contribution in [0.15, 0.2) is 30.3 Å². The number of carbonyl (C=O) groups is 1. The first-order valence-corrected chi connectivity index (χ1v) is 6.98. The third kappa shape index (κ3) is 2.81. The lowest BCUT2D eigenvalue weighted by Crippen LogP contribution is -2.34. The molecule has 3 rings (SSSR count). The van der Waals surface area contributed by atoms with E-state index in [1.54, 1.807) is 0 Å². The van der Waals surface area contributed by atoms with Crippen LogP contribution in [0.1, 0.15) is 17.2 Å². The van der Waals surface area contributed by atoms with Crippen LogP contribution in [0.3, 0.4) is 0 Å². The summed E-state index contributed by atoms with van der Waals surface area (Å²) in [5.74, 6) is -1.00. The van der Waals surface area contributed by atoms with Gasteiger partial charge in [-0.3, -0.25) is 0 Å². The van der Waals surface area contributed by atoms with Crippen molar-refractivity contribution in [2.75, 3.05) is 0 Å². The van der Waals surface area contributed by atoms with Crippen LogP contribution in [0.25, 0.3) is 0 Å². The van der Waals surface area contributed by atoms with E-state index in [0.29, 0.717) is 11.1 Å². The van der Waals surface area contributed by atoms with E-state index in [1.165, 1.54) is 24.3 Å². The second-order valence-electron chi connectivity index (χ2n) is 5.35. The van der Waals surface area contributed by atoms with Gasteiger partial charge in [-0.25, -0.2) is 4.79 Å². The van der Waals surface area contributed by atoms with Crippen molar-refractivity contribution in [3.63, 3.8) is 0 Å². The molecular weight excluding hydrogens is 320 g/mol. The first kappa shape index (κ1) is 15.6. The molecule has 8 nitrogen and oxygen atoms in total. The Morgan fingerprint density at radius 3 is 2.46 bits per heavy atom. The van der Waals surface area contributed by atoms with Gasteiger partial charge in [-0.05, 0) is 12.1 Å². The Balaban J connectivity index is 2.04. The molecule has 0 amide bonds. The average Bonchev–Trinajstić information content (AvgIpc) is 2.49.